The van der Waals surface area contributed by atoms with E-state index >= 15 is 0 Å². The van der Waals surface area contributed by atoms with Crippen LogP contribution in [0.25, 0.3) is 44.2 Å². The molecule has 0 atom stereocenters. The highest BCUT2D eigenvalue weighted by Crippen LogP contribution is 2.38. The highest BCUT2D eigenvalue weighted by atomic mass is 32.2. The van der Waals surface area contributed by atoms with Crippen molar-refractivity contribution in [3.8, 4) is 0 Å². The van der Waals surface area contributed by atoms with Gasteiger partial charge in [-0.25, -0.2) is 4.98 Å². The number of fused-ring (bicyclic) bond motifs is 10. The molecular weight excluding hydrogens is 348 g/mol. The van der Waals surface area contributed by atoms with Gasteiger partial charge in [0.1, 0.15) is 5.65 Å². The van der Waals surface area contributed by atoms with Crippen LogP contribution in [-0.4, -0.2) is 15.6 Å². The fraction of sp³-hybridized carbons (Fsp3) is 0.125. The second-order valence-electron chi connectivity index (χ2n) is 7.14. The van der Waals surface area contributed by atoms with Crippen molar-refractivity contribution in [3.05, 3.63) is 72.1 Å². The molecule has 0 saturated carbocycles. The predicted octanol–water partition coefficient (Wildman–Crippen LogP) is 6.48. The Bertz CT molecular complexity index is 1410. The van der Waals surface area contributed by atoms with Crippen molar-refractivity contribution in [2.24, 2.45) is 0 Å². The molecule has 0 bridgehead atoms. The van der Waals surface area contributed by atoms with Crippen molar-refractivity contribution in [1.29, 1.82) is 0 Å². The summed E-state index contributed by atoms with van der Waals surface area (Å²) in [6.45, 7) is 0. The summed E-state index contributed by atoms with van der Waals surface area (Å²) in [5.74, 6) is 0. The lowest BCUT2D eigenvalue weighted by molar-refractivity contribution is 0.943. The van der Waals surface area contributed by atoms with Gasteiger partial charge in [0, 0.05) is 21.1 Å². The van der Waals surface area contributed by atoms with E-state index in [4.69, 9.17) is 4.98 Å². The zero-order valence-corrected chi connectivity index (χ0v) is 15.9. The minimum atomic E-state index is 1.02. The van der Waals surface area contributed by atoms with Crippen LogP contribution in [0.3, 0.4) is 0 Å². The molecule has 5 aromatic rings. The number of thioether (sulfide) groups is 1. The fourth-order valence-corrected chi connectivity index (χ4v) is 4.90. The van der Waals surface area contributed by atoms with E-state index in [-0.39, 0.29) is 0 Å². The zero-order valence-electron chi connectivity index (χ0n) is 15.1. The third-order valence-electron chi connectivity index (χ3n) is 5.70. The molecule has 2 nitrogen and oxygen atoms in total. The second-order valence-corrected chi connectivity index (χ2v) is 8.02. The molecule has 0 fully saturated rings. The standard InChI is InChI=1S/C24H18N2S/c1-27-16-11-13-21-19(14-16)23-17-7-3-2-6-15(17)10-12-18(23)24-25-20-8-4-5-9-22(20)26(21)24/h2-3,5-7,9-14H,4,8H2,1H3. The molecule has 2 heterocycles. The van der Waals surface area contributed by atoms with Crippen LogP contribution < -0.4 is 0 Å². The van der Waals surface area contributed by atoms with Crippen LogP contribution >= 0.6 is 11.8 Å². The number of rotatable bonds is 1. The lowest BCUT2D eigenvalue weighted by Crippen LogP contribution is -1.97. The van der Waals surface area contributed by atoms with Gasteiger partial charge in [-0.15, -0.1) is 11.8 Å². The predicted molar refractivity (Wildman–Crippen MR) is 117 cm³/mol. The van der Waals surface area contributed by atoms with E-state index in [2.05, 4.69) is 77.4 Å². The molecule has 0 saturated heterocycles. The summed E-state index contributed by atoms with van der Waals surface area (Å²) in [7, 11) is 0. The Kier molecular flexibility index (Phi) is 3.18. The van der Waals surface area contributed by atoms with Gasteiger partial charge >= 0.3 is 0 Å². The number of allylic oxidation sites excluding steroid dienone is 1. The highest BCUT2D eigenvalue weighted by molar-refractivity contribution is 7.98. The van der Waals surface area contributed by atoms with Crippen molar-refractivity contribution in [2.75, 3.05) is 6.26 Å². The molecule has 6 rings (SSSR count). The Balaban J connectivity index is 1.96. The Morgan fingerprint density at radius 2 is 1.89 bits per heavy atom. The van der Waals surface area contributed by atoms with Gasteiger partial charge in [-0.05, 0) is 60.2 Å². The fourth-order valence-electron chi connectivity index (χ4n) is 4.46. The van der Waals surface area contributed by atoms with E-state index in [1.165, 1.54) is 48.7 Å². The SMILES string of the molecule is CSc1ccc2c(c1)c1c3ccccc3ccc1c1nc3c(n21)C=CCC3. The average molecular weight is 366 g/mol. The normalized spacial score (nSPS) is 13.8. The van der Waals surface area contributed by atoms with E-state index < -0.39 is 0 Å². The van der Waals surface area contributed by atoms with E-state index in [0.29, 0.717) is 0 Å². The van der Waals surface area contributed by atoms with Gasteiger partial charge in [0.15, 0.2) is 0 Å². The zero-order chi connectivity index (χ0) is 18.0. The molecule has 0 unspecified atom stereocenters. The smallest absolute Gasteiger partial charge is 0.145 e. The van der Waals surface area contributed by atoms with Crippen LogP contribution in [0.5, 0.6) is 0 Å². The van der Waals surface area contributed by atoms with E-state index in [9.17, 15) is 0 Å². The largest absolute Gasteiger partial charge is 0.292 e. The van der Waals surface area contributed by atoms with Crippen LogP contribution in [0, 0.1) is 0 Å². The quantitative estimate of drug-likeness (QED) is 0.250. The summed E-state index contributed by atoms with van der Waals surface area (Å²) in [5.41, 5.74) is 4.78. The van der Waals surface area contributed by atoms with Crippen molar-refractivity contribution < 1.29 is 0 Å². The Labute approximate surface area is 161 Å². The molecule has 1 aliphatic rings. The van der Waals surface area contributed by atoms with Crippen molar-refractivity contribution in [1.82, 2.24) is 9.38 Å². The number of aromatic nitrogens is 2. The number of hydrogen-bond acceptors (Lipinski definition) is 2. The molecule has 2 aromatic heterocycles. The van der Waals surface area contributed by atoms with Gasteiger partial charge in [-0.2, -0.15) is 0 Å². The maximum atomic E-state index is 5.09. The number of aryl methyl sites for hydroxylation is 1. The summed E-state index contributed by atoms with van der Waals surface area (Å²) in [4.78, 5) is 6.38. The lowest BCUT2D eigenvalue weighted by Gasteiger charge is -2.13. The van der Waals surface area contributed by atoms with Gasteiger partial charge < -0.3 is 0 Å². The van der Waals surface area contributed by atoms with E-state index in [1.807, 2.05) is 0 Å². The molecule has 3 aromatic carbocycles. The van der Waals surface area contributed by atoms with Gasteiger partial charge in [0.2, 0.25) is 0 Å². The summed E-state index contributed by atoms with van der Waals surface area (Å²) < 4.78 is 2.36. The summed E-state index contributed by atoms with van der Waals surface area (Å²) in [5, 5.41) is 6.44. The van der Waals surface area contributed by atoms with Crippen molar-refractivity contribution in [2.45, 2.75) is 17.7 Å². The first kappa shape index (κ1) is 15.3. The maximum absolute atomic E-state index is 5.09. The first-order valence-electron chi connectivity index (χ1n) is 9.34. The second kappa shape index (κ2) is 5.61. The van der Waals surface area contributed by atoms with Gasteiger partial charge in [0.25, 0.3) is 0 Å². The average Bonchev–Trinajstić information content (AvgIpc) is 3.13. The monoisotopic (exact) mass is 366 g/mol. The maximum Gasteiger partial charge on any atom is 0.145 e. The molecule has 0 radical (unpaired) electrons. The highest BCUT2D eigenvalue weighted by Gasteiger charge is 2.19. The Morgan fingerprint density at radius 3 is 2.81 bits per heavy atom. The van der Waals surface area contributed by atoms with Crippen LogP contribution in [0.15, 0.2) is 65.6 Å². The molecule has 130 valence electrons. The first-order chi connectivity index (χ1) is 13.3. The summed E-state index contributed by atoms with van der Waals surface area (Å²) in [6.07, 6.45) is 8.75. The third kappa shape index (κ3) is 2.06. The molecule has 0 aliphatic heterocycles. The molecule has 27 heavy (non-hydrogen) atoms. The van der Waals surface area contributed by atoms with Gasteiger partial charge in [0.05, 0.1) is 16.9 Å². The van der Waals surface area contributed by atoms with E-state index in [0.717, 1.165) is 18.5 Å². The first-order valence-corrected chi connectivity index (χ1v) is 10.6. The van der Waals surface area contributed by atoms with Crippen LogP contribution in [0.1, 0.15) is 17.8 Å². The number of pyridine rings is 1. The summed E-state index contributed by atoms with van der Waals surface area (Å²) >= 11 is 1.79. The van der Waals surface area contributed by atoms with Crippen molar-refractivity contribution in [3.63, 3.8) is 0 Å². The molecule has 3 heteroatoms. The van der Waals surface area contributed by atoms with Gasteiger partial charge in [-0.1, -0.05) is 36.4 Å². The molecule has 1 aliphatic carbocycles. The lowest BCUT2D eigenvalue weighted by atomic mass is 9.99. The van der Waals surface area contributed by atoms with Crippen LogP contribution in [0.2, 0.25) is 0 Å². The minimum absolute atomic E-state index is 1.02. The third-order valence-corrected chi connectivity index (χ3v) is 6.42. The van der Waals surface area contributed by atoms with Gasteiger partial charge in [-0.3, -0.25) is 4.40 Å². The topological polar surface area (TPSA) is 17.3 Å². The molecule has 0 N–H and O–H groups in total. The number of hydrogen-bond donors (Lipinski definition) is 0. The number of benzene rings is 3. The van der Waals surface area contributed by atoms with Crippen molar-refractivity contribution >= 4 is 55.9 Å². The van der Waals surface area contributed by atoms with E-state index in [1.54, 1.807) is 11.8 Å². The number of nitrogens with zero attached hydrogens (tertiary/aromatic N) is 2. The molecular formula is C24H18N2S. The minimum Gasteiger partial charge on any atom is -0.292 e. The summed E-state index contributed by atoms with van der Waals surface area (Å²) in [6, 6.07) is 20.0. The molecule has 0 amide bonds. The Morgan fingerprint density at radius 1 is 0.963 bits per heavy atom. The Hall–Kier alpha value is -2.78. The number of imidazole rings is 1. The van der Waals surface area contributed by atoms with Crippen LogP contribution in [0.4, 0.5) is 0 Å². The molecule has 0 spiro atoms. The van der Waals surface area contributed by atoms with Crippen LogP contribution in [-0.2, 0) is 6.42 Å².